The van der Waals surface area contributed by atoms with Gasteiger partial charge in [-0.3, -0.25) is 4.79 Å². The van der Waals surface area contributed by atoms with Gasteiger partial charge in [0.15, 0.2) is 0 Å². The summed E-state index contributed by atoms with van der Waals surface area (Å²) in [5.41, 5.74) is 3.77. The standard InChI is InChI=1S/C27H21NO3.Na/c29-26(21-11-3-1-4-12-21)28(23-14-5-2-6-15-23)19-20-10-9-13-22(18-20)24-16-7-8-17-25(24)27(30)31;/h1-18H,19H2,(H,30,31);/q;+1/p-1. The number of amides is 1. The van der Waals surface area contributed by atoms with Crippen molar-refractivity contribution in [2.45, 2.75) is 6.54 Å². The number of hydrogen-bond donors (Lipinski definition) is 0. The van der Waals surface area contributed by atoms with Crippen LogP contribution in [0.1, 0.15) is 26.3 Å². The van der Waals surface area contributed by atoms with E-state index in [1.54, 1.807) is 35.2 Å². The van der Waals surface area contributed by atoms with Gasteiger partial charge in [-0.2, -0.15) is 0 Å². The maximum atomic E-state index is 13.3. The van der Waals surface area contributed by atoms with E-state index in [1.807, 2.05) is 72.8 Å². The van der Waals surface area contributed by atoms with Gasteiger partial charge in [0, 0.05) is 16.8 Å². The average Bonchev–Trinajstić information content (AvgIpc) is 2.83. The van der Waals surface area contributed by atoms with Gasteiger partial charge in [-0.05, 0) is 47.0 Å². The van der Waals surface area contributed by atoms with Crippen LogP contribution < -0.4 is 39.6 Å². The second-order valence-corrected chi connectivity index (χ2v) is 7.13. The molecule has 152 valence electrons. The van der Waals surface area contributed by atoms with E-state index in [9.17, 15) is 14.7 Å². The maximum Gasteiger partial charge on any atom is 1.00 e. The minimum atomic E-state index is -1.22. The van der Waals surface area contributed by atoms with Crippen molar-refractivity contribution in [3.8, 4) is 11.1 Å². The zero-order valence-corrected chi connectivity index (χ0v) is 19.8. The number of carbonyl (C=O) groups is 2. The molecule has 32 heavy (non-hydrogen) atoms. The first-order valence-corrected chi connectivity index (χ1v) is 9.95. The zero-order valence-electron chi connectivity index (χ0n) is 17.8. The van der Waals surface area contributed by atoms with Crippen molar-refractivity contribution in [2.24, 2.45) is 0 Å². The smallest absolute Gasteiger partial charge is 0.545 e. The molecule has 4 aromatic carbocycles. The Morgan fingerprint density at radius 3 is 2.03 bits per heavy atom. The number of carboxylic acids is 1. The number of carboxylic acid groups (broad SMARTS) is 1. The molecule has 0 N–H and O–H groups in total. The third-order valence-electron chi connectivity index (χ3n) is 5.06. The number of hydrogen-bond acceptors (Lipinski definition) is 3. The van der Waals surface area contributed by atoms with Crippen molar-refractivity contribution in [3.05, 3.63) is 126 Å². The molecule has 0 aromatic heterocycles. The molecule has 0 aliphatic heterocycles. The van der Waals surface area contributed by atoms with Crippen LogP contribution in [-0.4, -0.2) is 11.9 Å². The van der Waals surface area contributed by atoms with Gasteiger partial charge in [-0.1, -0.05) is 78.9 Å². The second-order valence-electron chi connectivity index (χ2n) is 7.13. The Hall–Kier alpha value is -3.18. The van der Waals surface area contributed by atoms with E-state index < -0.39 is 5.97 Å². The van der Waals surface area contributed by atoms with Crippen molar-refractivity contribution in [3.63, 3.8) is 0 Å². The van der Waals surface area contributed by atoms with Gasteiger partial charge in [0.05, 0.1) is 12.5 Å². The third kappa shape index (κ3) is 5.35. The average molecular weight is 429 g/mol. The molecule has 5 heteroatoms. The van der Waals surface area contributed by atoms with Crippen molar-refractivity contribution in [2.75, 3.05) is 4.90 Å². The fourth-order valence-corrected chi connectivity index (χ4v) is 3.56. The summed E-state index contributed by atoms with van der Waals surface area (Å²) in [5.74, 6) is -1.32. The van der Waals surface area contributed by atoms with Crippen molar-refractivity contribution >= 4 is 17.6 Å². The number of anilines is 1. The van der Waals surface area contributed by atoms with Gasteiger partial charge in [0.25, 0.3) is 5.91 Å². The van der Waals surface area contributed by atoms with Crippen LogP contribution in [-0.2, 0) is 6.54 Å². The minimum Gasteiger partial charge on any atom is -0.545 e. The number of para-hydroxylation sites is 1. The Morgan fingerprint density at radius 2 is 1.34 bits per heavy atom. The van der Waals surface area contributed by atoms with E-state index in [1.165, 1.54) is 6.07 Å². The van der Waals surface area contributed by atoms with Gasteiger partial charge in [-0.25, -0.2) is 0 Å². The largest absolute Gasteiger partial charge is 1.00 e. The molecule has 0 bridgehead atoms. The van der Waals surface area contributed by atoms with Gasteiger partial charge in [0.1, 0.15) is 0 Å². The summed E-state index contributed by atoms with van der Waals surface area (Å²) in [7, 11) is 0. The fraction of sp³-hybridized carbons (Fsp3) is 0.0370. The number of carbonyl (C=O) groups excluding carboxylic acids is 2. The Balaban J connectivity index is 0.00000289. The predicted octanol–water partition coefficient (Wildman–Crippen LogP) is 1.57. The first kappa shape index (κ1) is 23.5. The fourth-order valence-electron chi connectivity index (χ4n) is 3.56. The summed E-state index contributed by atoms with van der Waals surface area (Å²) < 4.78 is 0. The van der Waals surface area contributed by atoms with E-state index in [-0.39, 0.29) is 41.0 Å². The third-order valence-corrected chi connectivity index (χ3v) is 5.06. The van der Waals surface area contributed by atoms with E-state index in [0.29, 0.717) is 17.7 Å². The number of aromatic carboxylic acids is 1. The Morgan fingerprint density at radius 1 is 0.719 bits per heavy atom. The first-order valence-electron chi connectivity index (χ1n) is 9.95. The summed E-state index contributed by atoms with van der Waals surface area (Å²) in [5, 5.41) is 11.5. The molecule has 0 radical (unpaired) electrons. The van der Waals surface area contributed by atoms with E-state index in [0.717, 1.165) is 16.8 Å². The van der Waals surface area contributed by atoms with E-state index in [4.69, 9.17) is 0 Å². The van der Waals surface area contributed by atoms with E-state index in [2.05, 4.69) is 0 Å². The van der Waals surface area contributed by atoms with Crippen molar-refractivity contribution in [1.29, 1.82) is 0 Å². The quantitative estimate of drug-likeness (QED) is 0.437. The van der Waals surface area contributed by atoms with Crippen LogP contribution in [0.25, 0.3) is 11.1 Å². The molecule has 0 spiro atoms. The van der Waals surface area contributed by atoms with Gasteiger partial charge in [-0.15, -0.1) is 0 Å². The molecular weight excluding hydrogens is 409 g/mol. The SMILES string of the molecule is O=C([O-])c1ccccc1-c1cccc(CN(C(=O)c2ccccc2)c2ccccc2)c1.[Na+]. The number of benzene rings is 4. The summed E-state index contributed by atoms with van der Waals surface area (Å²) in [6.07, 6.45) is 0. The van der Waals surface area contributed by atoms with Crippen LogP contribution in [0.15, 0.2) is 109 Å². The molecule has 4 aromatic rings. The van der Waals surface area contributed by atoms with Crippen LogP contribution in [0.5, 0.6) is 0 Å². The maximum absolute atomic E-state index is 13.3. The Bertz CT molecular complexity index is 1210. The topological polar surface area (TPSA) is 60.4 Å². The second kappa shape index (κ2) is 10.9. The van der Waals surface area contributed by atoms with Crippen LogP contribution in [0.3, 0.4) is 0 Å². The molecule has 0 aliphatic rings. The summed E-state index contributed by atoms with van der Waals surface area (Å²) in [6.45, 7) is 0.346. The summed E-state index contributed by atoms with van der Waals surface area (Å²) >= 11 is 0. The zero-order chi connectivity index (χ0) is 21.6. The Labute approximate surface area is 209 Å². The molecule has 0 atom stereocenters. The number of rotatable bonds is 6. The van der Waals surface area contributed by atoms with Crippen LogP contribution in [0.4, 0.5) is 5.69 Å². The van der Waals surface area contributed by atoms with Gasteiger partial charge in [0.2, 0.25) is 0 Å². The van der Waals surface area contributed by atoms with Crippen LogP contribution in [0, 0.1) is 0 Å². The minimum absolute atomic E-state index is 0. The molecule has 0 unspecified atom stereocenters. The van der Waals surface area contributed by atoms with Crippen molar-refractivity contribution < 1.29 is 44.3 Å². The molecule has 0 fully saturated rings. The predicted molar refractivity (Wildman–Crippen MR) is 120 cm³/mol. The molecule has 4 rings (SSSR count). The van der Waals surface area contributed by atoms with Crippen LogP contribution in [0.2, 0.25) is 0 Å². The molecule has 0 saturated carbocycles. The van der Waals surface area contributed by atoms with Gasteiger partial charge < -0.3 is 14.8 Å². The summed E-state index contributed by atoms with van der Waals surface area (Å²) in [4.78, 5) is 26.5. The number of nitrogens with zero attached hydrogens (tertiary/aromatic N) is 1. The van der Waals surface area contributed by atoms with Crippen LogP contribution >= 0.6 is 0 Å². The first-order chi connectivity index (χ1) is 15.1. The summed E-state index contributed by atoms with van der Waals surface area (Å²) in [6, 6.07) is 33.0. The van der Waals surface area contributed by atoms with Crippen molar-refractivity contribution in [1.82, 2.24) is 0 Å². The molecular formula is C27H20NNaO3. The normalized spacial score (nSPS) is 10.1. The molecule has 4 nitrogen and oxygen atoms in total. The monoisotopic (exact) mass is 429 g/mol. The molecule has 0 heterocycles. The Kier molecular flexibility index (Phi) is 8.01. The van der Waals surface area contributed by atoms with Gasteiger partial charge >= 0.3 is 29.6 Å². The molecule has 0 aliphatic carbocycles. The molecule has 1 amide bonds. The molecule has 0 saturated heterocycles. The van der Waals surface area contributed by atoms with E-state index >= 15 is 0 Å².